The van der Waals surface area contributed by atoms with Crippen molar-refractivity contribution in [1.29, 1.82) is 0 Å². The van der Waals surface area contributed by atoms with E-state index in [9.17, 15) is 4.79 Å². The summed E-state index contributed by atoms with van der Waals surface area (Å²) in [7, 11) is 0. The van der Waals surface area contributed by atoms with Crippen molar-refractivity contribution in [2.75, 3.05) is 11.5 Å². The molecule has 1 saturated heterocycles. The van der Waals surface area contributed by atoms with Crippen LogP contribution in [0.4, 0.5) is 0 Å². The Morgan fingerprint density at radius 1 is 1.00 bits per heavy atom. The van der Waals surface area contributed by atoms with E-state index in [0.29, 0.717) is 12.1 Å². The lowest BCUT2D eigenvalue weighted by molar-refractivity contribution is 0.260. The summed E-state index contributed by atoms with van der Waals surface area (Å²) in [5, 5.41) is 8.45. The molecule has 4 rings (SSSR count). The molecule has 5 nitrogen and oxygen atoms in total. The Morgan fingerprint density at radius 2 is 1.80 bits per heavy atom. The quantitative estimate of drug-likeness (QED) is 0.913. The Bertz CT molecular complexity index is 750. The first-order chi connectivity index (χ1) is 12.3. The fraction of sp³-hybridized carbons (Fsp3) is 0.526. The number of hydrogen-bond donors (Lipinski definition) is 1. The van der Waals surface area contributed by atoms with E-state index in [0.717, 1.165) is 36.9 Å². The summed E-state index contributed by atoms with van der Waals surface area (Å²) >= 11 is 2.05. The lowest BCUT2D eigenvalue weighted by Gasteiger charge is -2.31. The fourth-order valence-electron chi connectivity index (χ4n) is 3.85. The van der Waals surface area contributed by atoms with E-state index in [-0.39, 0.29) is 11.6 Å². The zero-order valence-corrected chi connectivity index (χ0v) is 15.1. The Hall–Kier alpha value is -1.66. The van der Waals surface area contributed by atoms with Crippen molar-refractivity contribution in [2.24, 2.45) is 0 Å². The number of nitrogens with zero attached hydrogens (tertiary/aromatic N) is 3. The first kappa shape index (κ1) is 16.8. The normalized spacial score (nSPS) is 26.6. The summed E-state index contributed by atoms with van der Waals surface area (Å²) in [5.74, 6) is 2.53. The van der Waals surface area contributed by atoms with Crippen LogP contribution in [-0.4, -0.2) is 38.4 Å². The highest BCUT2D eigenvalue weighted by molar-refractivity contribution is 7.99. The van der Waals surface area contributed by atoms with Gasteiger partial charge in [0.1, 0.15) is 0 Å². The first-order valence-corrected chi connectivity index (χ1v) is 10.3. The number of rotatable bonds is 4. The molecule has 3 heterocycles. The molecule has 0 amide bonds. The number of hydrogen-bond acceptors (Lipinski definition) is 5. The van der Waals surface area contributed by atoms with Gasteiger partial charge < -0.3 is 5.32 Å². The van der Waals surface area contributed by atoms with Crippen LogP contribution in [0.1, 0.15) is 38.1 Å². The van der Waals surface area contributed by atoms with E-state index in [1.165, 1.54) is 17.9 Å². The van der Waals surface area contributed by atoms with Gasteiger partial charge in [-0.15, -0.1) is 0 Å². The van der Waals surface area contributed by atoms with Gasteiger partial charge in [-0.05, 0) is 56.1 Å². The molecular formula is C19H24N4OS. The van der Waals surface area contributed by atoms with Crippen molar-refractivity contribution < 1.29 is 0 Å². The van der Waals surface area contributed by atoms with Crippen LogP contribution in [0.15, 0.2) is 41.5 Å². The predicted octanol–water partition coefficient (Wildman–Crippen LogP) is 2.88. The summed E-state index contributed by atoms with van der Waals surface area (Å²) in [4.78, 5) is 16.4. The zero-order chi connectivity index (χ0) is 17.1. The van der Waals surface area contributed by atoms with Crippen molar-refractivity contribution in [3.05, 3.63) is 47.0 Å². The van der Waals surface area contributed by atoms with Gasteiger partial charge in [0.2, 0.25) is 0 Å². The third kappa shape index (κ3) is 3.96. The third-order valence-corrected chi connectivity index (χ3v) is 6.41. The van der Waals surface area contributed by atoms with Gasteiger partial charge in [-0.3, -0.25) is 9.78 Å². The molecule has 1 aliphatic carbocycles. The first-order valence-electron chi connectivity index (χ1n) is 9.13. The van der Waals surface area contributed by atoms with E-state index >= 15 is 0 Å². The number of nitrogens with one attached hydrogen (secondary N) is 1. The number of thioether (sulfide) groups is 1. The van der Waals surface area contributed by atoms with Gasteiger partial charge in [0.15, 0.2) is 0 Å². The second-order valence-corrected chi connectivity index (χ2v) is 8.12. The highest BCUT2D eigenvalue weighted by Gasteiger charge is 2.26. The minimum atomic E-state index is 0.00130. The van der Waals surface area contributed by atoms with Crippen molar-refractivity contribution >= 4 is 11.8 Å². The van der Waals surface area contributed by atoms with Gasteiger partial charge >= 0.3 is 0 Å². The topological polar surface area (TPSA) is 59.8 Å². The Labute approximate surface area is 152 Å². The average Bonchev–Trinajstić information content (AvgIpc) is 3.17. The van der Waals surface area contributed by atoms with Crippen LogP contribution in [0.2, 0.25) is 0 Å². The van der Waals surface area contributed by atoms with Gasteiger partial charge in [-0.1, -0.05) is 0 Å². The van der Waals surface area contributed by atoms with E-state index in [1.54, 1.807) is 29.2 Å². The highest BCUT2D eigenvalue weighted by atomic mass is 32.2. The molecule has 0 aromatic carbocycles. The monoisotopic (exact) mass is 356 g/mol. The van der Waals surface area contributed by atoms with Gasteiger partial charge in [0.05, 0.1) is 11.7 Å². The van der Waals surface area contributed by atoms with Gasteiger partial charge in [-0.2, -0.15) is 16.9 Å². The van der Waals surface area contributed by atoms with Crippen LogP contribution < -0.4 is 10.9 Å². The molecule has 2 aromatic heterocycles. The molecule has 1 N–H and O–H groups in total. The van der Waals surface area contributed by atoms with Crippen molar-refractivity contribution in [2.45, 2.75) is 50.2 Å². The molecule has 2 aliphatic rings. The lowest BCUT2D eigenvalue weighted by atomic mass is 9.90. The largest absolute Gasteiger partial charge is 0.310 e. The van der Waals surface area contributed by atoms with Crippen LogP contribution in [0.3, 0.4) is 0 Å². The molecule has 0 spiro atoms. The van der Waals surface area contributed by atoms with Crippen LogP contribution in [0.5, 0.6) is 0 Å². The molecule has 132 valence electrons. The molecule has 1 atom stereocenters. The Balaban J connectivity index is 1.44. The van der Waals surface area contributed by atoms with Crippen LogP contribution in [-0.2, 0) is 0 Å². The molecule has 0 radical (unpaired) electrons. The summed E-state index contributed by atoms with van der Waals surface area (Å²) < 4.78 is 1.71. The Kier molecular flexibility index (Phi) is 5.17. The predicted molar refractivity (Wildman–Crippen MR) is 102 cm³/mol. The summed E-state index contributed by atoms with van der Waals surface area (Å²) in [6.45, 7) is 0. The van der Waals surface area contributed by atoms with Gasteiger partial charge in [0.25, 0.3) is 5.56 Å². The number of aromatic nitrogens is 3. The third-order valence-electron chi connectivity index (χ3n) is 5.24. The molecule has 1 saturated carbocycles. The second kappa shape index (κ2) is 7.70. The van der Waals surface area contributed by atoms with E-state index in [1.807, 2.05) is 23.9 Å². The minimum Gasteiger partial charge on any atom is -0.310 e. The van der Waals surface area contributed by atoms with Crippen molar-refractivity contribution in [3.8, 4) is 11.3 Å². The maximum Gasteiger partial charge on any atom is 0.267 e. The lowest BCUT2D eigenvalue weighted by Crippen LogP contribution is -2.41. The molecule has 25 heavy (non-hydrogen) atoms. The maximum absolute atomic E-state index is 12.3. The minimum absolute atomic E-state index is 0.00130. The standard InChI is InChI=1S/C19H24N4OS/c24-19-6-5-18(14-7-10-20-11-8-14)22-23(19)17-3-1-15(2-4-17)21-16-9-12-25-13-16/h5-8,10-11,15-17,21H,1-4,9,12-13H2. The molecule has 1 unspecified atom stereocenters. The highest BCUT2D eigenvalue weighted by Crippen LogP contribution is 2.29. The molecule has 2 aromatic rings. The summed E-state index contributed by atoms with van der Waals surface area (Å²) in [5.41, 5.74) is 1.84. The summed E-state index contributed by atoms with van der Waals surface area (Å²) in [6.07, 6.45) is 9.09. The Morgan fingerprint density at radius 3 is 2.52 bits per heavy atom. The maximum atomic E-state index is 12.3. The molecule has 2 fully saturated rings. The number of pyridine rings is 1. The molecule has 0 bridgehead atoms. The zero-order valence-electron chi connectivity index (χ0n) is 14.3. The molecular weight excluding hydrogens is 332 g/mol. The molecule has 6 heteroatoms. The SMILES string of the molecule is O=c1ccc(-c2ccncc2)nn1C1CCC(NC2CCSC2)CC1. The molecule has 1 aliphatic heterocycles. The van der Waals surface area contributed by atoms with Crippen molar-refractivity contribution in [3.63, 3.8) is 0 Å². The van der Waals surface area contributed by atoms with Crippen LogP contribution in [0.25, 0.3) is 11.3 Å². The van der Waals surface area contributed by atoms with Gasteiger partial charge in [-0.25, -0.2) is 4.68 Å². The van der Waals surface area contributed by atoms with Gasteiger partial charge in [0, 0.05) is 41.9 Å². The van der Waals surface area contributed by atoms with E-state index in [4.69, 9.17) is 0 Å². The fourth-order valence-corrected chi connectivity index (χ4v) is 5.02. The van der Waals surface area contributed by atoms with Crippen molar-refractivity contribution in [1.82, 2.24) is 20.1 Å². The average molecular weight is 356 g/mol. The van der Waals surface area contributed by atoms with E-state index in [2.05, 4.69) is 15.4 Å². The second-order valence-electron chi connectivity index (χ2n) is 6.97. The smallest absolute Gasteiger partial charge is 0.267 e. The van der Waals surface area contributed by atoms with Crippen LogP contribution in [0, 0.1) is 0 Å². The van der Waals surface area contributed by atoms with Crippen LogP contribution >= 0.6 is 11.8 Å². The van der Waals surface area contributed by atoms with E-state index < -0.39 is 0 Å². The summed E-state index contributed by atoms with van der Waals surface area (Å²) in [6, 6.07) is 8.80.